The first-order valence-corrected chi connectivity index (χ1v) is 7.04. The van der Waals surface area contributed by atoms with Crippen LogP contribution in [-0.2, 0) is 10.0 Å². The van der Waals surface area contributed by atoms with Crippen LogP contribution in [0.5, 0.6) is 0 Å². The fraction of sp³-hybridized carbons (Fsp3) is 0.400. The Morgan fingerprint density at radius 3 is 2.56 bits per heavy atom. The molecule has 0 heterocycles. The lowest BCUT2D eigenvalue weighted by Gasteiger charge is -2.16. The molecule has 0 saturated heterocycles. The van der Waals surface area contributed by atoms with Gasteiger partial charge in [-0.05, 0) is 40.5 Å². The highest BCUT2D eigenvalue weighted by Crippen LogP contribution is 2.21. The van der Waals surface area contributed by atoms with Gasteiger partial charge >= 0.3 is 0 Å². The molecule has 0 saturated carbocycles. The Hall–Kier alpha value is -0.460. The molecule has 1 aromatic rings. The third-order valence-electron chi connectivity index (χ3n) is 2.14. The lowest BCUT2D eigenvalue weighted by atomic mass is 10.3. The van der Waals surface area contributed by atoms with Gasteiger partial charge in [0.05, 0.1) is 9.37 Å². The van der Waals surface area contributed by atoms with E-state index < -0.39 is 15.8 Å². The average Bonchev–Trinajstić information content (AvgIpc) is 2.22. The Morgan fingerprint density at radius 2 is 2.06 bits per heavy atom. The summed E-state index contributed by atoms with van der Waals surface area (Å²) in [4.78, 5) is -0.0239. The van der Waals surface area contributed by atoms with Gasteiger partial charge in [0.2, 0.25) is 10.0 Å². The van der Waals surface area contributed by atoms with E-state index in [1.165, 1.54) is 23.5 Å². The number of halogens is 2. The molecule has 0 aliphatic carbocycles. The summed E-state index contributed by atoms with van der Waals surface area (Å²) < 4.78 is 38.6. The molecule has 0 unspecified atom stereocenters. The highest BCUT2D eigenvalue weighted by atomic mass is 79.9. The summed E-state index contributed by atoms with van der Waals surface area (Å²) in [6.07, 6.45) is 0.717. The number of rotatable bonds is 4. The van der Waals surface area contributed by atoms with Gasteiger partial charge < -0.3 is 0 Å². The molecule has 1 aromatic carbocycles. The monoisotopic (exact) mass is 309 g/mol. The van der Waals surface area contributed by atoms with E-state index in [-0.39, 0.29) is 9.37 Å². The minimum Gasteiger partial charge on any atom is -0.207 e. The fourth-order valence-corrected chi connectivity index (χ4v) is 2.77. The Kier molecular flexibility index (Phi) is 4.46. The van der Waals surface area contributed by atoms with Gasteiger partial charge in [-0.1, -0.05) is 6.92 Å². The minimum absolute atomic E-state index is 0.0239. The number of benzene rings is 1. The summed E-state index contributed by atoms with van der Waals surface area (Å²) in [5.74, 6) is -0.578. The van der Waals surface area contributed by atoms with Crippen molar-refractivity contribution in [2.24, 2.45) is 0 Å². The minimum atomic E-state index is -3.57. The van der Waals surface area contributed by atoms with Crippen molar-refractivity contribution in [1.82, 2.24) is 4.31 Å². The van der Waals surface area contributed by atoms with Crippen molar-refractivity contribution in [3.63, 3.8) is 0 Å². The van der Waals surface area contributed by atoms with Gasteiger partial charge in [-0.25, -0.2) is 17.1 Å². The van der Waals surface area contributed by atoms with E-state index in [9.17, 15) is 12.8 Å². The summed E-state index contributed by atoms with van der Waals surface area (Å²) in [6.45, 7) is 2.30. The molecule has 0 amide bonds. The summed E-state index contributed by atoms with van der Waals surface area (Å²) in [5.41, 5.74) is 0. The number of sulfonamides is 1. The van der Waals surface area contributed by atoms with Crippen LogP contribution < -0.4 is 0 Å². The van der Waals surface area contributed by atoms with Crippen LogP contribution in [0.2, 0.25) is 0 Å². The third kappa shape index (κ3) is 2.81. The molecule has 6 heteroatoms. The van der Waals surface area contributed by atoms with Crippen LogP contribution in [0.3, 0.4) is 0 Å². The van der Waals surface area contributed by atoms with Crippen molar-refractivity contribution in [3.05, 3.63) is 28.5 Å². The fourth-order valence-electron chi connectivity index (χ4n) is 1.25. The van der Waals surface area contributed by atoms with E-state index in [0.29, 0.717) is 6.54 Å². The van der Waals surface area contributed by atoms with Gasteiger partial charge in [-0.2, -0.15) is 0 Å². The Balaban J connectivity index is 3.12. The Bertz CT molecular complexity index is 476. The van der Waals surface area contributed by atoms with E-state index in [4.69, 9.17) is 0 Å². The van der Waals surface area contributed by atoms with Gasteiger partial charge in [0.1, 0.15) is 5.82 Å². The molecule has 1 rings (SSSR count). The second-order valence-electron chi connectivity index (χ2n) is 3.40. The molecule has 0 bridgehead atoms. The highest BCUT2D eigenvalue weighted by Gasteiger charge is 2.20. The molecule has 16 heavy (non-hydrogen) atoms. The quantitative estimate of drug-likeness (QED) is 0.857. The lowest BCUT2D eigenvalue weighted by molar-refractivity contribution is 0.467. The zero-order chi connectivity index (χ0) is 12.3. The standard InChI is InChI=1S/C10H13BrFNO2S/c1-3-6-13(2)16(14,15)8-4-5-9(11)10(12)7-8/h4-5,7H,3,6H2,1-2H3. The smallest absolute Gasteiger partial charge is 0.207 e. The maximum absolute atomic E-state index is 13.2. The number of nitrogens with zero attached hydrogens (tertiary/aromatic N) is 1. The van der Waals surface area contributed by atoms with Gasteiger partial charge in [0.25, 0.3) is 0 Å². The zero-order valence-electron chi connectivity index (χ0n) is 9.07. The molecule has 0 aliphatic rings. The van der Waals surface area contributed by atoms with Crippen molar-refractivity contribution in [1.29, 1.82) is 0 Å². The van der Waals surface area contributed by atoms with E-state index in [1.807, 2.05) is 6.92 Å². The van der Waals surface area contributed by atoms with E-state index in [1.54, 1.807) is 0 Å². The van der Waals surface area contributed by atoms with Crippen molar-refractivity contribution in [2.45, 2.75) is 18.2 Å². The molecular weight excluding hydrogens is 297 g/mol. The van der Waals surface area contributed by atoms with Crippen LogP contribution >= 0.6 is 15.9 Å². The van der Waals surface area contributed by atoms with Crippen molar-refractivity contribution in [2.75, 3.05) is 13.6 Å². The normalized spacial score (nSPS) is 12.1. The molecule has 3 nitrogen and oxygen atoms in total. The van der Waals surface area contributed by atoms with E-state index >= 15 is 0 Å². The molecule has 0 radical (unpaired) electrons. The molecule has 0 fully saturated rings. The molecule has 0 spiro atoms. The molecule has 0 N–H and O–H groups in total. The molecule has 90 valence electrons. The van der Waals surface area contributed by atoms with Crippen LogP contribution in [-0.4, -0.2) is 26.3 Å². The van der Waals surface area contributed by atoms with Gasteiger partial charge in [-0.15, -0.1) is 0 Å². The topological polar surface area (TPSA) is 37.4 Å². The van der Waals surface area contributed by atoms with Crippen LogP contribution in [0.25, 0.3) is 0 Å². The zero-order valence-corrected chi connectivity index (χ0v) is 11.5. The summed E-state index contributed by atoms with van der Waals surface area (Å²) >= 11 is 2.98. The predicted octanol–water partition coefficient (Wildman–Crippen LogP) is 2.62. The SMILES string of the molecule is CCCN(C)S(=O)(=O)c1ccc(Br)c(F)c1. The first-order chi connectivity index (χ1) is 7.39. The van der Waals surface area contributed by atoms with Gasteiger partial charge in [-0.3, -0.25) is 0 Å². The van der Waals surface area contributed by atoms with Crippen molar-refractivity contribution >= 4 is 26.0 Å². The van der Waals surface area contributed by atoms with Gasteiger partial charge in [0.15, 0.2) is 0 Å². The number of hydrogen-bond donors (Lipinski definition) is 0. The van der Waals surface area contributed by atoms with E-state index in [0.717, 1.165) is 12.5 Å². The first kappa shape index (κ1) is 13.6. The van der Waals surface area contributed by atoms with Crippen LogP contribution in [0.15, 0.2) is 27.6 Å². The third-order valence-corrected chi connectivity index (χ3v) is 4.63. The van der Waals surface area contributed by atoms with Crippen molar-refractivity contribution in [3.8, 4) is 0 Å². The Morgan fingerprint density at radius 1 is 1.44 bits per heavy atom. The van der Waals surface area contributed by atoms with Crippen LogP contribution in [0, 0.1) is 5.82 Å². The van der Waals surface area contributed by atoms with Crippen LogP contribution in [0.1, 0.15) is 13.3 Å². The molecule has 0 atom stereocenters. The maximum Gasteiger partial charge on any atom is 0.242 e. The highest BCUT2D eigenvalue weighted by molar-refractivity contribution is 9.10. The van der Waals surface area contributed by atoms with E-state index in [2.05, 4.69) is 15.9 Å². The number of hydrogen-bond acceptors (Lipinski definition) is 2. The van der Waals surface area contributed by atoms with Crippen molar-refractivity contribution < 1.29 is 12.8 Å². The first-order valence-electron chi connectivity index (χ1n) is 4.81. The molecular formula is C10H13BrFNO2S. The summed E-state index contributed by atoms with van der Waals surface area (Å²) in [5, 5.41) is 0. The predicted molar refractivity (Wildman–Crippen MR) is 64.2 cm³/mol. The second-order valence-corrected chi connectivity index (χ2v) is 6.30. The van der Waals surface area contributed by atoms with Crippen LogP contribution in [0.4, 0.5) is 4.39 Å². The summed E-state index contributed by atoms with van der Waals surface area (Å²) in [6, 6.07) is 3.79. The largest absolute Gasteiger partial charge is 0.242 e. The maximum atomic E-state index is 13.2. The van der Waals surface area contributed by atoms with Gasteiger partial charge in [0, 0.05) is 13.6 Å². The second kappa shape index (κ2) is 5.25. The molecule has 0 aliphatic heterocycles. The average molecular weight is 310 g/mol. The summed E-state index contributed by atoms with van der Waals surface area (Å²) in [7, 11) is -2.08. The lowest BCUT2D eigenvalue weighted by Crippen LogP contribution is -2.27. The molecule has 0 aromatic heterocycles. The Labute approximate surface area is 103 Å².